The summed E-state index contributed by atoms with van der Waals surface area (Å²) in [6.45, 7) is 7.59. The minimum atomic E-state index is 0.673. The molecule has 1 rings (SSSR count). The molecule has 2 nitrogen and oxygen atoms in total. The number of nitrogens with one attached hydrogen (secondary N) is 1. The molecule has 2 atom stereocenters. The fourth-order valence-electron chi connectivity index (χ4n) is 1.87. The van der Waals surface area contributed by atoms with Crippen molar-refractivity contribution in [1.29, 1.82) is 0 Å². The Bertz CT molecular complexity index is 121. The third-order valence-electron chi connectivity index (χ3n) is 2.73. The maximum Gasteiger partial charge on any atom is 0.0506 e. The maximum atomic E-state index is 5.43. The van der Waals surface area contributed by atoms with Crippen LogP contribution in [-0.2, 0) is 4.74 Å². The van der Waals surface area contributed by atoms with Crippen molar-refractivity contribution in [3.8, 4) is 0 Å². The highest BCUT2D eigenvalue weighted by atomic mass is 16.5. The van der Waals surface area contributed by atoms with Gasteiger partial charge in [0.2, 0.25) is 0 Å². The lowest BCUT2D eigenvalue weighted by Crippen LogP contribution is -2.34. The molecule has 0 saturated carbocycles. The van der Waals surface area contributed by atoms with E-state index in [-0.39, 0.29) is 0 Å². The SMILES string of the molecule is CCCC(C)NCC1CCCOC1. The molecule has 0 aromatic carbocycles. The van der Waals surface area contributed by atoms with Crippen molar-refractivity contribution >= 4 is 0 Å². The van der Waals surface area contributed by atoms with Gasteiger partial charge in [-0.3, -0.25) is 0 Å². The second-order valence-electron chi connectivity index (χ2n) is 4.18. The summed E-state index contributed by atoms with van der Waals surface area (Å²) in [5.41, 5.74) is 0. The van der Waals surface area contributed by atoms with Crippen LogP contribution in [0.2, 0.25) is 0 Å². The Hall–Kier alpha value is -0.0800. The summed E-state index contributed by atoms with van der Waals surface area (Å²) >= 11 is 0. The minimum Gasteiger partial charge on any atom is -0.381 e. The number of ether oxygens (including phenoxy) is 1. The van der Waals surface area contributed by atoms with E-state index in [1.165, 1.54) is 25.7 Å². The summed E-state index contributed by atoms with van der Waals surface area (Å²) < 4.78 is 5.43. The first-order valence-electron chi connectivity index (χ1n) is 5.64. The predicted octanol–water partition coefficient (Wildman–Crippen LogP) is 2.19. The van der Waals surface area contributed by atoms with Gasteiger partial charge in [-0.05, 0) is 32.1 Å². The Kier molecular flexibility index (Phi) is 5.40. The van der Waals surface area contributed by atoms with Crippen LogP contribution in [-0.4, -0.2) is 25.8 Å². The smallest absolute Gasteiger partial charge is 0.0506 e. The quantitative estimate of drug-likeness (QED) is 0.709. The Balaban J connectivity index is 2.03. The van der Waals surface area contributed by atoms with Gasteiger partial charge in [0.25, 0.3) is 0 Å². The van der Waals surface area contributed by atoms with E-state index in [1.54, 1.807) is 0 Å². The van der Waals surface area contributed by atoms with Crippen LogP contribution in [0.1, 0.15) is 39.5 Å². The average Bonchev–Trinajstić information content (AvgIpc) is 2.17. The summed E-state index contributed by atoms with van der Waals surface area (Å²) in [7, 11) is 0. The van der Waals surface area contributed by atoms with E-state index < -0.39 is 0 Å². The molecular formula is C11H23NO. The lowest BCUT2D eigenvalue weighted by molar-refractivity contribution is 0.0539. The highest BCUT2D eigenvalue weighted by Crippen LogP contribution is 2.12. The van der Waals surface area contributed by atoms with E-state index in [1.807, 2.05) is 0 Å². The van der Waals surface area contributed by atoms with Crippen LogP contribution in [0, 0.1) is 5.92 Å². The van der Waals surface area contributed by atoms with Gasteiger partial charge >= 0.3 is 0 Å². The summed E-state index contributed by atoms with van der Waals surface area (Å²) in [5.74, 6) is 0.757. The zero-order valence-electron chi connectivity index (χ0n) is 9.01. The van der Waals surface area contributed by atoms with Gasteiger partial charge in [0.05, 0.1) is 6.61 Å². The topological polar surface area (TPSA) is 21.3 Å². The molecule has 0 radical (unpaired) electrons. The molecule has 1 aliphatic rings. The van der Waals surface area contributed by atoms with Crippen molar-refractivity contribution in [2.45, 2.75) is 45.6 Å². The zero-order valence-corrected chi connectivity index (χ0v) is 9.01. The van der Waals surface area contributed by atoms with Crippen LogP contribution in [0.4, 0.5) is 0 Å². The lowest BCUT2D eigenvalue weighted by atomic mass is 10.0. The standard InChI is InChI=1S/C11H23NO/c1-3-5-10(2)12-8-11-6-4-7-13-9-11/h10-12H,3-9H2,1-2H3. The largest absolute Gasteiger partial charge is 0.381 e. The molecule has 0 aliphatic carbocycles. The van der Waals surface area contributed by atoms with Crippen molar-refractivity contribution in [3.05, 3.63) is 0 Å². The van der Waals surface area contributed by atoms with Gasteiger partial charge in [0.15, 0.2) is 0 Å². The van der Waals surface area contributed by atoms with Crippen molar-refractivity contribution in [3.63, 3.8) is 0 Å². The molecular weight excluding hydrogens is 162 g/mol. The normalized spacial score (nSPS) is 25.8. The zero-order chi connectivity index (χ0) is 9.52. The molecule has 1 aliphatic heterocycles. The van der Waals surface area contributed by atoms with E-state index in [2.05, 4.69) is 19.2 Å². The Morgan fingerprint density at radius 2 is 2.38 bits per heavy atom. The molecule has 2 unspecified atom stereocenters. The Morgan fingerprint density at radius 3 is 3.00 bits per heavy atom. The van der Waals surface area contributed by atoms with E-state index in [4.69, 9.17) is 4.74 Å². The van der Waals surface area contributed by atoms with Crippen molar-refractivity contribution in [1.82, 2.24) is 5.32 Å². The van der Waals surface area contributed by atoms with E-state index in [0.717, 1.165) is 25.7 Å². The van der Waals surface area contributed by atoms with E-state index >= 15 is 0 Å². The van der Waals surface area contributed by atoms with Gasteiger partial charge in [-0.25, -0.2) is 0 Å². The van der Waals surface area contributed by atoms with Crippen molar-refractivity contribution in [2.24, 2.45) is 5.92 Å². The number of rotatable bonds is 5. The highest BCUT2D eigenvalue weighted by molar-refractivity contribution is 4.68. The molecule has 1 N–H and O–H groups in total. The van der Waals surface area contributed by atoms with E-state index in [0.29, 0.717) is 6.04 Å². The second kappa shape index (κ2) is 6.39. The van der Waals surface area contributed by atoms with Crippen LogP contribution >= 0.6 is 0 Å². The fourth-order valence-corrected chi connectivity index (χ4v) is 1.87. The summed E-state index contributed by atoms with van der Waals surface area (Å²) in [4.78, 5) is 0. The molecule has 1 fully saturated rings. The molecule has 13 heavy (non-hydrogen) atoms. The van der Waals surface area contributed by atoms with Gasteiger partial charge in [-0.2, -0.15) is 0 Å². The first kappa shape index (κ1) is 11.0. The first-order chi connectivity index (χ1) is 6.33. The summed E-state index contributed by atoms with van der Waals surface area (Å²) in [6, 6.07) is 0.673. The van der Waals surface area contributed by atoms with Gasteiger partial charge < -0.3 is 10.1 Å². The summed E-state index contributed by atoms with van der Waals surface area (Å²) in [6.07, 6.45) is 5.14. The van der Waals surface area contributed by atoms with Crippen LogP contribution in [0.15, 0.2) is 0 Å². The van der Waals surface area contributed by atoms with Crippen LogP contribution < -0.4 is 5.32 Å². The third kappa shape index (κ3) is 4.63. The predicted molar refractivity (Wildman–Crippen MR) is 55.9 cm³/mol. The number of hydrogen-bond acceptors (Lipinski definition) is 2. The second-order valence-corrected chi connectivity index (χ2v) is 4.18. The molecule has 1 saturated heterocycles. The van der Waals surface area contributed by atoms with Gasteiger partial charge in [-0.1, -0.05) is 13.3 Å². The Labute approximate surface area is 82.0 Å². The van der Waals surface area contributed by atoms with Crippen LogP contribution in [0.3, 0.4) is 0 Å². The van der Waals surface area contributed by atoms with Crippen LogP contribution in [0.5, 0.6) is 0 Å². The maximum absolute atomic E-state index is 5.43. The van der Waals surface area contributed by atoms with Gasteiger partial charge in [0, 0.05) is 19.2 Å². The monoisotopic (exact) mass is 185 g/mol. The lowest BCUT2D eigenvalue weighted by Gasteiger charge is -2.24. The minimum absolute atomic E-state index is 0.673. The highest BCUT2D eigenvalue weighted by Gasteiger charge is 2.13. The molecule has 2 heteroatoms. The molecule has 0 aromatic heterocycles. The van der Waals surface area contributed by atoms with Crippen molar-refractivity contribution in [2.75, 3.05) is 19.8 Å². The summed E-state index contributed by atoms with van der Waals surface area (Å²) in [5, 5.41) is 3.57. The molecule has 78 valence electrons. The average molecular weight is 185 g/mol. The molecule has 1 heterocycles. The first-order valence-corrected chi connectivity index (χ1v) is 5.64. The fraction of sp³-hybridized carbons (Fsp3) is 1.00. The van der Waals surface area contributed by atoms with Gasteiger partial charge in [-0.15, -0.1) is 0 Å². The van der Waals surface area contributed by atoms with Gasteiger partial charge in [0.1, 0.15) is 0 Å². The third-order valence-corrected chi connectivity index (χ3v) is 2.73. The van der Waals surface area contributed by atoms with Crippen LogP contribution in [0.25, 0.3) is 0 Å². The van der Waals surface area contributed by atoms with E-state index in [9.17, 15) is 0 Å². The van der Waals surface area contributed by atoms with Crippen molar-refractivity contribution < 1.29 is 4.74 Å². The molecule has 0 bridgehead atoms. The Morgan fingerprint density at radius 1 is 1.54 bits per heavy atom. The molecule has 0 spiro atoms. The molecule has 0 amide bonds. The number of hydrogen-bond donors (Lipinski definition) is 1. The molecule has 0 aromatic rings.